The maximum Gasteiger partial charge on any atom is 0.314 e. The largest absolute Gasteiger partial charge is 0.377 e. The molecule has 1 fully saturated rings. The van der Waals surface area contributed by atoms with E-state index < -0.39 is 0 Å². The highest BCUT2D eigenvalue weighted by Gasteiger charge is 1.94. The molecule has 0 spiro atoms. The van der Waals surface area contributed by atoms with E-state index in [2.05, 4.69) is 15.4 Å². The van der Waals surface area contributed by atoms with Crippen LogP contribution in [0.4, 0.5) is 4.79 Å². The Morgan fingerprint density at radius 1 is 1.33 bits per heavy atom. The third-order valence-electron chi connectivity index (χ3n) is 0.658. The van der Waals surface area contributed by atoms with Gasteiger partial charge in [-0.15, -0.1) is 0 Å². The second kappa shape index (κ2) is 5.37. The third kappa shape index (κ3) is 11.1. The van der Waals surface area contributed by atoms with E-state index in [0.717, 1.165) is 13.2 Å². The molecule has 1 rings (SSSR count). The zero-order valence-corrected chi connectivity index (χ0v) is 5.73. The van der Waals surface area contributed by atoms with Crippen molar-refractivity contribution in [3.63, 3.8) is 0 Å². The number of ether oxygens (including phenoxy) is 1. The molecule has 0 radical (unpaired) electrons. The Kier molecular flexibility index (Phi) is 4.91. The minimum Gasteiger partial charge on any atom is -0.377 e. The predicted molar refractivity (Wildman–Crippen MR) is 34.3 cm³/mol. The molecule has 1 aliphatic heterocycles. The summed E-state index contributed by atoms with van der Waals surface area (Å²) >= 11 is 0. The lowest BCUT2D eigenvalue weighted by atomic mass is 11.0. The summed E-state index contributed by atoms with van der Waals surface area (Å²) in [5.74, 6) is 0. The third-order valence-corrected chi connectivity index (χ3v) is 0.658. The zero-order chi connectivity index (χ0) is 7.11. The highest BCUT2D eigenvalue weighted by molar-refractivity contribution is 5.72. The molecule has 0 aromatic carbocycles. The quantitative estimate of drug-likeness (QED) is 0.439. The predicted octanol–water partition coefficient (Wildman–Crippen LogP) is -0.438. The van der Waals surface area contributed by atoms with Crippen LogP contribution in [0.15, 0.2) is 0 Å². The highest BCUT2D eigenvalue weighted by Crippen LogP contribution is 1.84. The first-order valence-electron chi connectivity index (χ1n) is 2.78. The van der Waals surface area contributed by atoms with Crippen molar-refractivity contribution in [1.29, 1.82) is 0 Å². The van der Waals surface area contributed by atoms with Gasteiger partial charge < -0.3 is 15.4 Å². The average molecular weight is 132 g/mol. The summed E-state index contributed by atoms with van der Waals surface area (Å²) in [6.45, 7) is 2.00. The summed E-state index contributed by atoms with van der Waals surface area (Å²) in [5, 5.41) is 4.73. The van der Waals surface area contributed by atoms with E-state index in [1.54, 1.807) is 14.1 Å². The smallest absolute Gasteiger partial charge is 0.314 e. The van der Waals surface area contributed by atoms with Crippen molar-refractivity contribution in [2.75, 3.05) is 27.3 Å². The van der Waals surface area contributed by atoms with Crippen LogP contribution >= 0.6 is 0 Å². The fraction of sp³-hybridized carbons (Fsp3) is 0.800. The van der Waals surface area contributed by atoms with Gasteiger partial charge in [-0.25, -0.2) is 4.79 Å². The van der Waals surface area contributed by atoms with Gasteiger partial charge in [-0.05, 0) is 0 Å². The van der Waals surface area contributed by atoms with Gasteiger partial charge >= 0.3 is 6.03 Å². The standard InChI is InChI=1S/C3H8N2O.C2H4O/c1-4-3(6)5-2;1-2-3-1/h1-2H3,(H2,4,5,6);1-2H2. The number of carbonyl (C=O) groups excluding carboxylic acids is 1. The van der Waals surface area contributed by atoms with E-state index >= 15 is 0 Å². The number of hydrogen-bond acceptors (Lipinski definition) is 2. The molecule has 0 saturated carbocycles. The Bertz CT molecular complexity index is 74.3. The number of epoxide rings is 1. The SMILES string of the molecule is C1CO1.CNC(=O)NC. The minimum absolute atomic E-state index is 0.157. The summed E-state index contributed by atoms with van der Waals surface area (Å²) in [6.07, 6.45) is 0. The Morgan fingerprint density at radius 3 is 1.67 bits per heavy atom. The van der Waals surface area contributed by atoms with Crippen LogP contribution in [0.5, 0.6) is 0 Å². The molecule has 0 aromatic heterocycles. The fourth-order valence-corrected chi connectivity index (χ4v) is 0.125. The molecule has 0 unspecified atom stereocenters. The van der Waals surface area contributed by atoms with E-state index in [4.69, 9.17) is 0 Å². The van der Waals surface area contributed by atoms with Crippen LogP contribution in [-0.4, -0.2) is 33.3 Å². The van der Waals surface area contributed by atoms with Gasteiger partial charge in [-0.2, -0.15) is 0 Å². The number of nitrogens with one attached hydrogen (secondary N) is 2. The Balaban J connectivity index is 0.000000173. The number of hydrogen-bond donors (Lipinski definition) is 2. The van der Waals surface area contributed by atoms with Crippen molar-refractivity contribution in [1.82, 2.24) is 10.6 Å². The van der Waals surface area contributed by atoms with E-state index in [1.165, 1.54) is 0 Å². The molecule has 0 aromatic rings. The van der Waals surface area contributed by atoms with Crippen LogP contribution in [0.2, 0.25) is 0 Å². The van der Waals surface area contributed by atoms with Crippen LogP contribution in [0.25, 0.3) is 0 Å². The van der Waals surface area contributed by atoms with Crippen molar-refractivity contribution in [3.8, 4) is 0 Å². The minimum atomic E-state index is -0.157. The molecular weight excluding hydrogens is 120 g/mol. The highest BCUT2D eigenvalue weighted by atomic mass is 16.6. The molecule has 4 heteroatoms. The summed E-state index contributed by atoms with van der Waals surface area (Å²) in [4.78, 5) is 9.96. The van der Waals surface area contributed by atoms with Crippen LogP contribution in [0.3, 0.4) is 0 Å². The second-order valence-corrected chi connectivity index (χ2v) is 1.44. The molecule has 0 aliphatic carbocycles. The van der Waals surface area contributed by atoms with E-state index in [-0.39, 0.29) is 6.03 Å². The lowest BCUT2D eigenvalue weighted by Gasteiger charge is -1.91. The Hall–Kier alpha value is -0.770. The maximum absolute atomic E-state index is 9.96. The van der Waals surface area contributed by atoms with Gasteiger partial charge in [0, 0.05) is 14.1 Å². The van der Waals surface area contributed by atoms with E-state index in [1.807, 2.05) is 0 Å². The van der Waals surface area contributed by atoms with Crippen LogP contribution in [0.1, 0.15) is 0 Å². The molecule has 0 atom stereocenters. The van der Waals surface area contributed by atoms with Crippen molar-refractivity contribution in [2.45, 2.75) is 0 Å². The number of carbonyl (C=O) groups is 1. The van der Waals surface area contributed by atoms with Crippen molar-refractivity contribution < 1.29 is 9.53 Å². The molecule has 54 valence electrons. The van der Waals surface area contributed by atoms with E-state index in [0.29, 0.717) is 0 Å². The zero-order valence-electron chi connectivity index (χ0n) is 5.73. The topological polar surface area (TPSA) is 53.7 Å². The van der Waals surface area contributed by atoms with Gasteiger partial charge in [0.1, 0.15) is 0 Å². The maximum atomic E-state index is 9.96. The molecule has 2 N–H and O–H groups in total. The second-order valence-electron chi connectivity index (χ2n) is 1.44. The lowest BCUT2D eigenvalue weighted by Crippen LogP contribution is -2.28. The van der Waals surface area contributed by atoms with E-state index in [9.17, 15) is 4.79 Å². The van der Waals surface area contributed by atoms with Gasteiger partial charge in [0.2, 0.25) is 0 Å². The summed E-state index contributed by atoms with van der Waals surface area (Å²) in [5.41, 5.74) is 0. The summed E-state index contributed by atoms with van der Waals surface area (Å²) < 4.78 is 4.50. The first-order valence-corrected chi connectivity index (χ1v) is 2.78. The van der Waals surface area contributed by atoms with Gasteiger partial charge in [0.15, 0.2) is 0 Å². The first-order chi connectivity index (χ1) is 4.31. The van der Waals surface area contributed by atoms with Crippen LogP contribution in [0, 0.1) is 0 Å². The summed E-state index contributed by atoms with van der Waals surface area (Å²) in [6, 6.07) is -0.157. The fourth-order valence-electron chi connectivity index (χ4n) is 0.125. The number of amides is 2. The molecule has 4 nitrogen and oxygen atoms in total. The Labute approximate surface area is 54.6 Å². The lowest BCUT2D eigenvalue weighted by molar-refractivity contribution is 0.245. The van der Waals surface area contributed by atoms with Crippen molar-refractivity contribution >= 4 is 6.03 Å². The van der Waals surface area contributed by atoms with Gasteiger partial charge in [-0.1, -0.05) is 0 Å². The molecule has 1 saturated heterocycles. The average Bonchev–Trinajstić information content (AvgIpc) is 2.70. The van der Waals surface area contributed by atoms with Gasteiger partial charge in [-0.3, -0.25) is 0 Å². The normalized spacial score (nSPS) is 12.7. The first kappa shape index (κ1) is 8.23. The molecule has 1 heterocycles. The summed E-state index contributed by atoms with van der Waals surface area (Å²) in [7, 11) is 3.14. The van der Waals surface area contributed by atoms with Crippen LogP contribution < -0.4 is 10.6 Å². The monoisotopic (exact) mass is 132 g/mol. The Morgan fingerprint density at radius 2 is 1.67 bits per heavy atom. The molecule has 2 amide bonds. The van der Waals surface area contributed by atoms with Crippen molar-refractivity contribution in [2.24, 2.45) is 0 Å². The van der Waals surface area contributed by atoms with Gasteiger partial charge in [0.25, 0.3) is 0 Å². The number of urea groups is 1. The molecular formula is C5H12N2O2. The molecule has 1 aliphatic rings. The molecule has 9 heavy (non-hydrogen) atoms. The van der Waals surface area contributed by atoms with Gasteiger partial charge in [0.05, 0.1) is 13.2 Å². The number of rotatable bonds is 0. The van der Waals surface area contributed by atoms with Crippen LogP contribution in [-0.2, 0) is 4.74 Å². The van der Waals surface area contributed by atoms with Crippen molar-refractivity contribution in [3.05, 3.63) is 0 Å². The molecule has 0 bridgehead atoms.